The molecule has 3 N–H and O–H groups in total. The summed E-state index contributed by atoms with van der Waals surface area (Å²) in [5, 5.41) is 12.1. The highest BCUT2D eigenvalue weighted by atomic mass is 32.2. The molecule has 10 heteroatoms. The van der Waals surface area contributed by atoms with Crippen LogP contribution in [0.3, 0.4) is 0 Å². The van der Waals surface area contributed by atoms with Crippen molar-refractivity contribution in [1.29, 1.82) is 0 Å². The van der Waals surface area contributed by atoms with Crippen LogP contribution in [-0.4, -0.2) is 60.8 Å². The average Bonchev–Trinajstić information content (AvgIpc) is 3.30. The second kappa shape index (κ2) is 11.4. The maximum Gasteiger partial charge on any atom is 0.260 e. The van der Waals surface area contributed by atoms with Crippen molar-refractivity contribution in [3.05, 3.63) is 54.1 Å². The number of sulfone groups is 1. The van der Waals surface area contributed by atoms with Crippen LogP contribution in [-0.2, 0) is 21.2 Å². The van der Waals surface area contributed by atoms with Crippen LogP contribution in [0.1, 0.15) is 46.6 Å². The molecule has 0 radical (unpaired) electrons. The molecule has 0 saturated carbocycles. The molecule has 1 aliphatic rings. The summed E-state index contributed by atoms with van der Waals surface area (Å²) in [7, 11) is -3.70. The van der Waals surface area contributed by atoms with Crippen LogP contribution in [0.5, 0.6) is 11.5 Å². The van der Waals surface area contributed by atoms with E-state index in [9.17, 15) is 18.4 Å². The molecular formula is C27H39N3O6S. The van der Waals surface area contributed by atoms with Gasteiger partial charge in [-0.1, -0.05) is 65.0 Å². The maximum atomic E-state index is 13.9. The fourth-order valence-electron chi connectivity index (χ4n) is 4.42. The zero-order valence-corrected chi connectivity index (χ0v) is 23.1. The summed E-state index contributed by atoms with van der Waals surface area (Å²) < 4.78 is 36.8. The second-order valence-electron chi connectivity index (χ2n) is 10.7. The van der Waals surface area contributed by atoms with Crippen molar-refractivity contribution in [2.24, 2.45) is 17.1 Å². The molecule has 1 amide bonds. The van der Waals surface area contributed by atoms with Gasteiger partial charge in [0.25, 0.3) is 5.91 Å². The molecule has 2 atom stereocenters. The van der Waals surface area contributed by atoms with Crippen LogP contribution in [0, 0.1) is 11.3 Å². The van der Waals surface area contributed by atoms with Gasteiger partial charge in [0.1, 0.15) is 0 Å². The zero-order chi connectivity index (χ0) is 27.4. The van der Waals surface area contributed by atoms with Crippen LogP contribution >= 0.6 is 0 Å². The highest BCUT2D eigenvalue weighted by Gasteiger charge is 2.52. The number of ether oxygens (including phenoxy) is 2. The largest absolute Gasteiger partial charge is 0.454 e. The smallest absolute Gasteiger partial charge is 0.260 e. The number of fused-ring (bicyclic) bond motifs is 1. The van der Waals surface area contributed by atoms with Crippen LogP contribution in [0.25, 0.3) is 0 Å². The number of hydrogen-bond donors (Lipinski definition) is 2. The Bertz CT molecular complexity index is 1180. The lowest BCUT2D eigenvalue weighted by Crippen LogP contribution is -2.71. The number of hydrogen-bond acceptors (Lipinski definition) is 8. The lowest BCUT2D eigenvalue weighted by atomic mass is 9.79. The Morgan fingerprint density at radius 1 is 1.11 bits per heavy atom. The fourth-order valence-corrected chi connectivity index (χ4v) is 6.03. The molecule has 1 heterocycles. The summed E-state index contributed by atoms with van der Waals surface area (Å²) >= 11 is 0. The maximum absolute atomic E-state index is 13.9. The van der Waals surface area contributed by atoms with Crippen LogP contribution in [0.4, 0.5) is 0 Å². The molecule has 1 aliphatic heterocycles. The van der Waals surface area contributed by atoms with Crippen LogP contribution in [0.15, 0.2) is 53.4 Å². The first-order valence-electron chi connectivity index (χ1n) is 12.5. The normalized spacial score (nSPS) is 15.9. The van der Waals surface area contributed by atoms with E-state index < -0.39 is 32.7 Å². The number of carbonyl (C=O) groups is 1. The lowest BCUT2D eigenvalue weighted by Gasteiger charge is -2.47. The van der Waals surface area contributed by atoms with E-state index in [1.165, 1.54) is 12.1 Å². The number of amides is 1. The Hall–Kier alpha value is -2.66. The number of nitrogens with zero attached hydrogens (tertiary/aromatic N) is 2. The fraction of sp³-hybridized carbons (Fsp3) is 0.519. The second-order valence-corrected chi connectivity index (χ2v) is 12.7. The topological polar surface area (TPSA) is 122 Å². The number of benzene rings is 2. The summed E-state index contributed by atoms with van der Waals surface area (Å²) in [6.07, 6.45) is 0.717. The van der Waals surface area contributed by atoms with Gasteiger partial charge in [-0.25, -0.2) is 8.42 Å². The van der Waals surface area contributed by atoms with Gasteiger partial charge in [-0.15, -0.1) is 0 Å². The highest BCUT2D eigenvalue weighted by Crippen LogP contribution is 2.36. The molecule has 0 aromatic heterocycles. The first-order valence-corrected chi connectivity index (χ1v) is 14.2. The monoisotopic (exact) mass is 533 g/mol. The van der Waals surface area contributed by atoms with Crippen molar-refractivity contribution in [2.45, 2.75) is 58.1 Å². The summed E-state index contributed by atoms with van der Waals surface area (Å²) in [6, 6.07) is 14.1. The van der Waals surface area contributed by atoms with Crippen LogP contribution < -0.4 is 15.2 Å². The quantitative estimate of drug-likeness (QED) is 0.332. The summed E-state index contributed by atoms with van der Waals surface area (Å²) in [5.74, 6) is -0.323. The van der Waals surface area contributed by atoms with E-state index in [1.807, 2.05) is 37.3 Å². The molecule has 0 saturated heterocycles. The van der Waals surface area contributed by atoms with Crippen molar-refractivity contribution in [2.75, 3.05) is 25.6 Å². The van der Waals surface area contributed by atoms with E-state index in [-0.39, 0.29) is 24.0 Å². The minimum Gasteiger partial charge on any atom is -0.454 e. The summed E-state index contributed by atoms with van der Waals surface area (Å²) in [4.78, 5) is 15.7. The Labute approximate surface area is 220 Å². The SMILES string of the molecule is CCCN(Cc1ccccc1)C(=O)[C@](N)(N(O)C[C@@H](C)CS(=O)(=O)c1ccc2c(c1)OCO2)C(C)(C)C. The van der Waals surface area contributed by atoms with Gasteiger partial charge in [0, 0.05) is 31.1 Å². The minimum absolute atomic E-state index is 0.0491. The lowest BCUT2D eigenvalue weighted by molar-refractivity contribution is -0.219. The van der Waals surface area contributed by atoms with E-state index in [0.717, 1.165) is 10.6 Å². The van der Waals surface area contributed by atoms with Gasteiger partial charge in [0.15, 0.2) is 27.0 Å². The van der Waals surface area contributed by atoms with Gasteiger partial charge in [0.2, 0.25) is 6.79 Å². The molecule has 0 unspecified atom stereocenters. The van der Waals surface area contributed by atoms with E-state index in [2.05, 4.69) is 0 Å². The Balaban J connectivity index is 1.79. The van der Waals surface area contributed by atoms with Gasteiger partial charge < -0.3 is 25.3 Å². The molecule has 0 spiro atoms. The van der Waals surface area contributed by atoms with E-state index in [4.69, 9.17) is 15.2 Å². The van der Waals surface area contributed by atoms with Gasteiger partial charge in [0.05, 0.1) is 10.6 Å². The first-order chi connectivity index (χ1) is 17.3. The van der Waals surface area contributed by atoms with Gasteiger partial charge >= 0.3 is 0 Å². The zero-order valence-electron chi connectivity index (χ0n) is 22.3. The predicted octanol–water partition coefficient (Wildman–Crippen LogP) is 3.66. The Morgan fingerprint density at radius 2 is 1.76 bits per heavy atom. The molecule has 0 bridgehead atoms. The molecule has 37 heavy (non-hydrogen) atoms. The van der Waals surface area contributed by atoms with E-state index >= 15 is 0 Å². The Kier molecular flexibility index (Phi) is 8.89. The molecular weight excluding hydrogens is 494 g/mol. The third-order valence-corrected chi connectivity index (χ3v) is 8.55. The van der Waals surface area contributed by atoms with E-state index in [1.54, 1.807) is 38.7 Å². The number of carbonyl (C=O) groups excluding carboxylic acids is 1. The predicted molar refractivity (Wildman–Crippen MR) is 141 cm³/mol. The molecule has 2 aromatic carbocycles. The summed E-state index contributed by atoms with van der Waals surface area (Å²) in [6.45, 7) is 9.78. The minimum atomic E-state index is -3.70. The average molecular weight is 534 g/mol. The third kappa shape index (κ3) is 6.43. The van der Waals surface area contributed by atoms with Crippen molar-refractivity contribution in [1.82, 2.24) is 9.96 Å². The van der Waals surface area contributed by atoms with Crippen molar-refractivity contribution in [3.63, 3.8) is 0 Å². The van der Waals surface area contributed by atoms with Gasteiger partial charge in [-0.05, 0) is 30.0 Å². The first kappa shape index (κ1) is 28.9. The van der Waals surface area contributed by atoms with Crippen molar-refractivity contribution in [3.8, 4) is 11.5 Å². The number of nitrogens with two attached hydrogens (primary N) is 1. The third-order valence-electron chi connectivity index (χ3n) is 6.57. The van der Waals surface area contributed by atoms with Gasteiger partial charge in [-0.2, -0.15) is 5.06 Å². The van der Waals surface area contributed by atoms with E-state index in [0.29, 0.717) is 31.0 Å². The molecule has 0 fully saturated rings. The highest BCUT2D eigenvalue weighted by molar-refractivity contribution is 7.91. The standard InChI is InChI=1S/C27H39N3O6S/c1-6-14-29(17-21-10-8-7-9-11-21)25(31)27(28,26(3,4)5)30(32)16-20(2)18-37(33,34)22-12-13-23-24(15-22)36-19-35-23/h7-13,15,20,32H,6,14,16-19,28H2,1-5H3/t20-,27+/m1/s1. The van der Waals surface area contributed by atoms with Crippen LogP contribution in [0.2, 0.25) is 0 Å². The number of rotatable bonds is 11. The molecule has 9 nitrogen and oxygen atoms in total. The molecule has 3 rings (SSSR count). The number of hydroxylamine groups is 2. The van der Waals surface area contributed by atoms with Crippen molar-refractivity contribution >= 4 is 15.7 Å². The Morgan fingerprint density at radius 3 is 2.38 bits per heavy atom. The van der Waals surface area contributed by atoms with Gasteiger partial charge in [-0.3, -0.25) is 4.79 Å². The molecule has 204 valence electrons. The summed E-state index contributed by atoms with van der Waals surface area (Å²) in [5.41, 5.74) is 5.04. The molecule has 0 aliphatic carbocycles. The van der Waals surface area contributed by atoms with Crippen molar-refractivity contribution < 1.29 is 27.9 Å². The molecule has 2 aromatic rings.